The average molecular weight is 309 g/mol. The van der Waals surface area contributed by atoms with Gasteiger partial charge in [0.15, 0.2) is 0 Å². The van der Waals surface area contributed by atoms with E-state index in [0.29, 0.717) is 32.0 Å². The van der Waals surface area contributed by atoms with Crippen molar-refractivity contribution >= 4 is 17.9 Å². The predicted octanol–water partition coefficient (Wildman–Crippen LogP) is 0.502. The minimum Gasteiger partial charge on any atom is -0.481 e. The molecule has 0 radical (unpaired) electrons. The Bertz CT molecular complexity index is 491. The van der Waals surface area contributed by atoms with E-state index in [1.807, 2.05) is 11.8 Å². The molecule has 0 bridgehead atoms. The van der Waals surface area contributed by atoms with E-state index in [9.17, 15) is 14.4 Å². The zero-order valence-corrected chi connectivity index (χ0v) is 12.8. The third-order valence-electron chi connectivity index (χ3n) is 4.77. The van der Waals surface area contributed by atoms with Crippen LogP contribution in [0.2, 0.25) is 0 Å². The van der Waals surface area contributed by atoms with Crippen LogP contribution in [0.3, 0.4) is 0 Å². The van der Waals surface area contributed by atoms with Crippen molar-refractivity contribution < 1.29 is 19.5 Å². The van der Waals surface area contributed by atoms with E-state index in [0.717, 1.165) is 12.8 Å². The summed E-state index contributed by atoms with van der Waals surface area (Å²) < 4.78 is 0. The summed E-state index contributed by atoms with van der Waals surface area (Å²) in [7, 11) is 0. The summed E-state index contributed by atoms with van der Waals surface area (Å²) in [5, 5.41) is 12.1. The maximum absolute atomic E-state index is 12.4. The van der Waals surface area contributed by atoms with Crippen LogP contribution >= 0.6 is 0 Å². The molecule has 2 saturated heterocycles. The Labute approximate surface area is 129 Å². The van der Waals surface area contributed by atoms with Gasteiger partial charge in [-0.15, -0.1) is 0 Å². The van der Waals surface area contributed by atoms with Gasteiger partial charge in [0, 0.05) is 32.1 Å². The van der Waals surface area contributed by atoms with Gasteiger partial charge in [0.05, 0.1) is 12.0 Å². The van der Waals surface area contributed by atoms with Gasteiger partial charge in [-0.3, -0.25) is 9.59 Å². The highest BCUT2D eigenvalue weighted by molar-refractivity contribution is 5.82. The van der Waals surface area contributed by atoms with Gasteiger partial charge >= 0.3 is 12.0 Å². The van der Waals surface area contributed by atoms with Crippen LogP contribution in [0, 0.1) is 11.8 Å². The number of aliphatic carboxylic acids is 1. The number of carbonyl (C=O) groups is 3. The van der Waals surface area contributed by atoms with Gasteiger partial charge in [0.2, 0.25) is 5.91 Å². The van der Waals surface area contributed by atoms with Crippen LogP contribution in [0.15, 0.2) is 0 Å². The summed E-state index contributed by atoms with van der Waals surface area (Å²) >= 11 is 0. The normalized spacial score (nSPS) is 32.2. The van der Waals surface area contributed by atoms with E-state index in [2.05, 4.69) is 5.32 Å². The first-order valence-electron chi connectivity index (χ1n) is 8.01. The molecule has 2 heterocycles. The maximum Gasteiger partial charge on any atom is 0.317 e. The van der Waals surface area contributed by atoms with Crippen LogP contribution in [0.5, 0.6) is 0 Å². The van der Waals surface area contributed by atoms with E-state index < -0.39 is 11.9 Å². The lowest BCUT2D eigenvalue weighted by Gasteiger charge is -2.35. The fraction of sp³-hybridized carbons (Fsp3) is 0.800. The predicted molar refractivity (Wildman–Crippen MR) is 78.2 cm³/mol. The number of hydrogen-bond donors (Lipinski definition) is 2. The molecule has 122 valence electrons. The monoisotopic (exact) mass is 309 g/mol. The number of urea groups is 1. The van der Waals surface area contributed by atoms with Crippen molar-refractivity contribution in [2.24, 2.45) is 11.8 Å². The molecule has 3 unspecified atom stereocenters. The van der Waals surface area contributed by atoms with E-state index in [4.69, 9.17) is 5.11 Å². The van der Waals surface area contributed by atoms with E-state index in [1.165, 1.54) is 0 Å². The molecule has 2 aliphatic heterocycles. The van der Waals surface area contributed by atoms with Gasteiger partial charge in [0.25, 0.3) is 0 Å². The number of hydrogen-bond acceptors (Lipinski definition) is 3. The minimum atomic E-state index is -0.847. The molecule has 0 aromatic heterocycles. The Kier molecular flexibility index (Phi) is 3.97. The molecule has 2 N–H and O–H groups in total. The highest BCUT2D eigenvalue weighted by Crippen LogP contribution is 2.30. The number of carboxylic acid groups (broad SMARTS) is 1. The van der Waals surface area contributed by atoms with Crippen molar-refractivity contribution in [1.29, 1.82) is 0 Å². The SMILES string of the molecule is CC1CC(C(=O)O)CN(C(=O)NC2CC(=O)N(C3CC3)C2)C1. The summed E-state index contributed by atoms with van der Waals surface area (Å²) in [6.07, 6.45) is 3.09. The molecule has 3 rings (SSSR count). The second-order valence-corrected chi connectivity index (χ2v) is 6.91. The van der Waals surface area contributed by atoms with Gasteiger partial charge < -0.3 is 20.2 Å². The van der Waals surface area contributed by atoms with Gasteiger partial charge in [-0.2, -0.15) is 0 Å². The van der Waals surface area contributed by atoms with Crippen LogP contribution in [-0.2, 0) is 9.59 Å². The van der Waals surface area contributed by atoms with Crippen molar-refractivity contribution in [1.82, 2.24) is 15.1 Å². The molecule has 7 nitrogen and oxygen atoms in total. The molecule has 1 aliphatic carbocycles. The summed E-state index contributed by atoms with van der Waals surface area (Å²) in [6.45, 7) is 3.37. The fourth-order valence-electron chi connectivity index (χ4n) is 3.53. The molecule has 3 aliphatic rings. The van der Waals surface area contributed by atoms with Gasteiger partial charge in [-0.25, -0.2) is 4.79 Å². The van der Waals surface area contributed by atoms with Crippen LogP contribution in [0.1, 0.15) is 32.6 Å². The lowest BCUT2D eigenvalue weighted by atomic mass is 9.91. The summed E-state index contributed by atoms with van der Waals surface area (Å²) in [6, 6.07) is -0.0184. The second-order valence-electron chi connectivity index (χ2n) is 6.91. The first-order valence-corrected chi connectivity index (χ1v) is 8.01. The largest absolute Gasteiger partial charge is 0.481 e. The first kappa shape index (κ1) is 15.1. The molecule has 3 amide bonds. The van der Waals surface area contributed by atoms with Crippen LogP contribution < -0.4 is 5.32 Å². The number of carboxylic acids is 1. The Balaban J connectivity index is 1.55. The Hall–Kier alpha value is -1.79. The van der Waals surface area contributed by atoms with Crippen molar-refractivity contribution in [3.8, 4) is 0 Å². The Morgan fingerprint density at radius 3 is 2.59 bits per heavy atom. The molecular formula is C15H23N3O4. The number of amides is 3. The summed E-state index contributed by atoms with van der Waals surface area (Å²) in [4.78, 5) is 38.9. The van der Waals surface area contributed by atoms with Crippen molar-refractivity contribution in [3.63, 3.8) is 0 Å². The number of carbonyl (C=O) groups excluding carboxylic acids is 2. The standard InChI is InChI=1S/C15H23N3O4/c1-9-4-10(14(20)21)7-17(6-9)15(22)16-11-5-13(19)18(8-11)12-2-3-12/h9-12H,2-8H2,1H3,(H,16,22)(H,20,21). The maximum atomic E-state index is 12.4. The van der Waals surface area contributed by atoms with E-state index >= 15 is 0 Å². The number of nitrogens with zero attached hydrogens (tertiary/aromatic N) is 2. The average Bonchev–Trinajstić information content (AvgIpc) is 3.22. The first-order chi connectivity index (χ1) is 10.4. The number of piperidine rings is 1. The third-order valence-corrected chi connectivity index (χ3v) is 4.77. The molecular weight excluding hydrogens is 286 g/mol. The zero-order chi connectivity index (χ0) is 15.9. The van der Waals surface area contributed by atoms with Crippen molar-refractivity contribution in [3.05, 3.63) is 0 Å². The topological polar surface area (TPSA) is 90.0 Å². The molecule has 3 fully saturated rings. The highest BCUT2D eigenvalue weighted by atomic mass is 16.4. The fourth-order valence-corrected chi connectivity index (χ4v) is 3.53. The van der Waals surface area contributed by atoms with Gasteiger partial charge in [-0.05, 0) is 25.2 Å². The van der Waals surface area contributed by atoms with Crippen molar-refractivity contribution in [2.45, 2.75) is 44.7 Å². The summed E-state index contributed by atoms with van der Waals surface area (Å²) in [5.74, 6) is -1.06. The smallest absolute Gasteiger partial charge is 0.317 e. The molecule has 0 aromatic carbocycles. The molecule has 22 heavy (non-hydrogen) atoms. The van der Waals surface area contributed by atoms with Crippen LogP contribution in [0.4, 0.5) is 4.79 Å². The molecule has 3 atom stereocenters. The van der Waals surface area contributed by atoms with Gasteiger partial charge in [0.1, 0.15) is 0 Å². The lowest BCUT2D eigenvalue weighted by molar-refractivity contribution is -0.143. The van der Waals surface area contributed by atoms with E-state index in [-0.39, 0.29) is 30.4 Å². The molecule has 1 saturated carbocycles. The lowest BCUT2D eigenvalue weighted by Crippen LogP contribution is -2.52. The number of nitrogens with one attached hydrogen (secondary N) is 1. The molecule has 0 aromatic rings. The highest BCUT2D eigenvalue weighted by Gasteiger charge is 2.40. The van der Waals surface area contributed by atoms with Gasteiger partial charge in [-0.1, -0.05) is 6.92 Å². The minimum absolute atomic E-state index is 0.114. The Morgan fingerprint density at radius 1 is 1.23 bits per heavy atom. The van der Waals surface area contributed by atoms with E-state index in [1.54, 1.807) is 4.90 Å². The molecule has 0 spiro atoms. The molecule has 7 heteroatoms. The second kappa shape index (κ2) is 5.78. The summed E-state index contributed by atoms with van der Waals surface area (Å²) in [5.41, 5.74) is 0. The number of likely N-dealkylation sites (tertiary alicyclic amines) is 2. The van der Waals surface area contributed by atoms with Crippen molar-refractivity contribution in [2.75, 3.05) is 19.6 Å². The Morgan fingerprint density at radius 2 is 1.95 bits per heavy atom. The van der Waals surface area contributed by atoms with Crippen LogP contribution in [-0.4, -0.2) is 64.5 Å². The van der Waals surface area contributed by atoms with Crippen LogP contribution in [0.25, 0.3) is 0 Å². The number of rotatable bonds is 3. The zero-order valence-electron chi connectivity index (χ0n) is 12.8. The third kappa shape index (κ3) is 3.18. The quantitative estimate of drug-likeness (QED) is 0.794.